The van der Waals surface area contributed by atoms with E-state index in [0.29, 0.717) is 0 Å². The van der Waals surface area contributed by atoms with Gasteiger partial charge >= 0.3 is 0 Å². The van der Waals surface area contributed by atoms with Gasteiger partial charge < -0.3 is 4.74 Å². The Hall–Kier alpha value is -0.980. The average Bonchev–Trinajstić information content (AvgIpc) is 2.14. The van der Waals surface area contributed by atoms with Crippen molar-refractivity contribution in [2.24, 2.45) is 0 Å². The molecule has 1 heteroatoms. The molecule has 0 saturated heterocycles. The molecule has 1 radical (unpaired) electrons. The predicted octanol–water partition coefficient (Wildman–Crippen LogP) is 3.07. The second kappa shape index (κ2) is 5.64. The van der Waals surface area contributed by atoms with Crippen LogP contribution in [0, 0.1) is 6.42 Å². The molecule has 0 bridgehead atoms. The molecule has 0 N–H and O–H groups in total. The van der Waals surface area contributed by atoms with E-state index in [1.807, 2.05) is 30.3 Å². The minimum absolute atomic E-state index is 0.720. The van der Waals surface area contributed by atoms with Crippen LogP contribution in [0.5, 0.6) is 5.75 Å². The highest BCUT2D eigenvalue weighted by Gasteiger charge is 1.90. The van der Waals surface area contributed by atoms with Crippen LogP contribution in [-0.4, -0.2) is 6.61 Å². The van der Waals surface area contributed by atoms with E-state index in [1.54, 1.807) is 0 Å². The van der Waals surface area contributed by atoms with E-state index in [9.17, 15) is 0 Å². The fourth-order valence-corrected chi connectivity index (χ4v) is 0.959. The molecule has 0 saturated carbocycles. The molecular weight excluding hydrogens is 148 g/mol. The van der Waals surface area contributed by atoms with Crippen LogP contribution in [0.4, 0.5) is 0 Å². The summed E-state index contributed by atoms with van der Waals surface area (Å²) in [6.07, 6.45) is 4.48. The lowest BCUT2D eigenvalue weighted by atomic mass is 10.3. The van der Waals surface area contributed by atoms with Gasteiger partial charge in [0.2, 0.25) is 0 Å². The third-order valence-electron chi connectivity index (χ3n) is 1.60. The van der Waals surface area contributed by atoms with Crippen molar-refractivity contribution >= 4 is 0 Å². The zero-order valence-corrected chi connectivity index (χ0v) is 7.49. The molecule has 65 valence electrons. The molecule has 0 aliphatic heterocycles. The Balaban J connectivity index is 2.16. The van der Waals surface area contributed by atoms with Gasteiger partial charge in [0.05, 0.1) is 6.61 Å². The van der Waals surface area contributed by atoms with E-state index in [4.69, 9.17) is 4.74 Å². The Morgan fingerprint density at radius 1 is 1.25 bits per heavy atom. The quantitative estimate of drug-likeness (QED) is 0.606. The maximum Gasteiger partial charge on any atom is 0.119 e. The highest BCUT2D eigenvalue weighted by atomic mass is 16.5. The molecule has 0 heterocycles. The number of rotatable bonds is 5. The molecule has 1 aromatic carbocycles. The van der Waals surface area contributed by atoms with Crippen LogP contribution in [0.15, 0.2) is 30.3 Å². The van der Waals surface area contributed by atoms with Gasteiger partial charge in [-0.2, -0.15) is 0 Å². The van der Waals surface area contributed by atoms with E-state index in [1.165, 1.54) is 6.42 Å². The molecule has 0 aliphatic rings. The van der Waals surface area contributed by atoms with Crippen LogP contribution in [0.3, 0.4) is 0 Å². The second-order valence-electron chi connectivity index (χ2n) is 2.70. The van der Waals surface area contributed by atoms with Crippen LogP contribution in [0.2, 0.25) is 0 Å². The van der Waals surface area contributed by atoms with Crippen molar-refractivity contribution < 1.29 is 4.74 Å². The van der Waals surface area contributed by atoms with Gasteiger partial charge in [-0.3, -0.25) is 0 Å². The smallest absolute Gasteiger partial charge is 0.119 e. The Labute approximate surface area is 74.4 Å². The van der Waals surface area contributed by atoms with E-state index in [2.05, 4.69) is 13.3 Å². The predicted molar refractivity (Wildman–Crippen MR) is 51.1 cm³/mol. The lowest BCUT2D eigenvalue weighted by Gasteiger charge is -2.03. The third-order valence-corrected chi connectivity index (χ3v) is 1.60. The van der Waals surface area contributed by atoms with Gasteiger partial charge in [-0.05, 0) is 25.0 Å². The van der Waals surface area contributed by atoms with Crippen LogP contribution in [-0.2, 0) is 0 Å². The van der Waals surface area contributed by atoms with Gasteiger partial charge in [0.25, 0.3) is 0 Å². The number of benzene rings is 1. The van der Waals surface area contributed by atoms with Gasteiger partial charge in [-0.25, -0.2) is 0 Å². The third kappa shape index (κ3) is 3.42. The molecule has 1 aromatic rings. The zero-order chi connectivity index (χ0) is 8.65. The lowest BCUT2D eigenvalue weighted by Crippen LogP contribution is -1.97. The summed E-state index contributed by atoms with van der Waals surface area (Å²) in [5.74, 6) is 0.949. The average molecular weight is 163 g/mol. The van der Waals surface area contributed by atoms with Crippen LogP contribution >= 0.6 is 0 Å². The van der Waals surface area contributed by atoms with Crippen molar-refractivity contribution in [2.45, 2.75) is 19.8 Å². The standard InChI is InChI=1S/C11H15O/c1-2-3-7-10-12-11-8-5-4-6-9-11/h4-9H,2-3,10H2,1H3. The van der Waals surface area contributed by atoms with E-state index < -0.39 is 0 Å². The minimum Gasteiger partial charge on any atom is -0.493 e. The Morgan fingerprint density at radius 3 is 2.67 bits per heavy atom. The van der Waals surface area contributed by atoms with Gasteiger partial charge in [-0.1, -0.05) is 31.5 Å². The molecule has 0 fully saturated rings. The van der Waals surface area contributed by atoms with E-state index in [-0.39, 0.29) is 0 Å². The Bertz CT molecular complexity index is 193. The SMILES string of the molecule is CCC[CH]COc1ccccc1. The fourth-order valence-electron chi connectivity index (χ4n) is 0.959. The summed E-state index contributed by atoms with van der Waals surface area (Å²) in [7, 11) is 0. The highest BCUT2D eigenvalue weighted by Crippen LogP contribution is 2.08. The molecule has 0 aromatic heterocycles. The molecule has 1 nitrogen and oxygen atoms in total. The highest BCUT2D eigenvalue weighted by molar-refractivity contribution is 5.20. The van der Waals surface area contributed by atoms with Crippen LogP contribution < -0.4 is 4.74 Å². The number of unbranched alkanes of at least 4 members (excludes halogenated alkanes) is 2. The first-order valence-electron chi connectivity index (χ1n) is 4.43. The first-order chi connectivity index (χ1) is 5.93. The number of para-hydroxylation sites is 1. The topological polar surface area (TPSA) is 9.23 Å². The van der Waals surface area contributed by atoms with Gasteiger partial charge in [0.1, 0.15) is 5.75 Å². The summed E-state index contributed by atoms with van der Waals surface area (Å²) in [4.78, 5) is 0. The van der Waals surface area contributed by atoms with Crippen molar-refractivity contribution in [2.75, 3.05) is 6.61 Å². The summed E-state index contributed by atoms with van der Waals surface area (Å²) in [5, 5.41) is 0. The Morgan fingerprint density at radius 2 is 2.00 bits per heavy atom. The van der Waals surface area contributed by atoms with Crippen molar-refractivity contribution in [3.63, 3.8) is 0 Å². The van der Waals surface area contributed by atoms with Crippen molar-refractivity contribution in [1.82, 2.24) is 0 Å². The number of ether oxygens (including phenoxy) is 1. The zero-order valence-electron chi connectivity index (χ0n) is 7.49. The maximum atomic E-state index is 5.45. The van der Waals surface area contributed by atoms with Gasteiger partial charge in [0.15, 0.2) is 0 Å². The molecule has 0 atom stereocenters. The first-order valence-corrected chi connectivity index (χ1v) is 4.43. The van der Waals surface area contributed by atoms with Crippen molar-refractivity contribution in [1.29, 1.82) is 0 Å². The molecule has 0 spiro atoms. The van der Waals surface area contributed by atoms with E-state index in [0.717, 1.165) is 18.8 Å². The summed E-state index contributed by atoms with van der Waals surface area (Å²) in [6.45, 7) is 2.89. The molecule has 1 rings (SSSR count). The molecular formula is C11H15O. The fraction of sp³-hybridized carbons (Fsp3) is 0.364. The molecule has 0 aliphatic carbocycles. The summed E-state index contributed by atoms with van der Waals surface area (Å²) < 4.78 is 5.45. The monoisotopic (exact) mass is 163 g/mol. The number of hydrogen-bond acceptors (Lipinski definition) is 1. The van der Waals surface area contributed by atoms with E-state index >= 15 is 0 Å². The Kier molecular flexibility index (Phi) is 4.28. The maximum absolute atomic E-state index is 5.45. The lowest BCUT2D eigenvalue weighted by molar-refractivity contribution is 0.344. The second-order valence-corrected chi connectivity index (χ2v) is 2.70. The van der Waals surface area contributed by atoms with Crippen molar-refractivity contribution in [3.8, 4) is 5.75 Å². The summed E-state index contributed by atoms with van der Waals surface area (Å²) in [5.41, 5.74) is 0. The van der Waals surface area contributed by atoms with Crippen LogP contribution in [0.1, 0.15) is 19.8 Å². The normalized spacial score (nSPS) is 9.75. The first kappa shape index (κ1) is 9.11. The molecule has 0 unspecified atom stereocenters. The summed E-state index contributed by atoms with van der Waals surface area (Å²) >= 11 is 0. The molecule has 0 amide bonds. The van der Waals surface area contributed by atoms with Crippen LogP contribution in [0.25, 0.3) is 0 Å². The summed E-state index contributed by atoms with van der Waals surface area (Å²) in [6, 6.07) is 9.90. The van der Waals surface area contributed by atoms with Gasteiger partial charge in [0, 0.05) is 0 Å². The molecule has 12 heavy (non-hydrogen) atoms. The number of hydrogen-bond donors (Lipinski definition) is 0. The van der Waals surface area contributed by atoms with Gasteiger partial charge in [-0.15, -0.1) is 0 Å². The minimum atomic E-state index is 0.720. The largest absolute Gasteiger partial charge is 0.493 e. The van der Waals surface area contributed by atoms with Crippen molar-refractivity contribution in [3.05, 3.63) is 36.8 Å².